The predicted octanol–water partition coefficient (Wildman–Crippen LogP) is 7.77. The molecule has 1 fully saturated rings. The van der Waals surface area contributed by atoms with Crippen molar-refractivity contribution in [2.45, 2.75) is 58.3 Å². The summed E-state index contributed by atoms with van der Waals surface area (Å²) in [6.07, 6.45) is 1.78. The van der Waals surface area contributed by atoms with Crippen LogP contribution in [0.3, 0.4) is 0 Å². The highest BCUT2D eigenvalue weighted by Crippen LogP contribution is 2.55. The SMILES string of the molecule is Cc1c(-c2cncn2C)cccc1[C@H](Nc1cc(Cl)cc2c(NCC(C)(C)C)c(C#N)cnc12)c1cn(C2(C(F)(F)F)CC2)nn1. The number of nitrogens with zero attached hydrogens (tertiary/aromatic N) is 7. The lowest BCUT2D eigenvalue weighted by atomic mass is 9.93. The van der Waals surface area contributed by atoms with Gasteiger partial charge in [-0.25, -0.2) is 9.67 Å². The highest BCUT2D eigenvalue weighted by molar-refractivity contribution is 6.32. The fraction of sp³-hybridized carbons (Fsp3) is 0.364. The summed E-state index contributed by atoms with van der Waals surface area (Å²) in [7, 11) is 1.90. The van der Waals surface area contributed by atoms with Crippen LogP contribution in [0.5, 0.6) is 0 Å². The molecule has 0 aliphatic heterocycles. The van der Waals surface area contributed by atoms with Crippen LogP contribution in [0.4, 0.5) is 24.5 Å². The van der Waals surface area contributed by atoms with Gasteiger partial charge in [0.05, 0.1) is 52.9 Å². The third-order valence-corrected chi connectivity index (χ3v) is 8.65. The number of rotatable bonds is 8. The van der Waals surface area contributed by atoms with Gasteiger partial charge in [-0.2, -0.15) is 18.4 Å². The zero-order valence-electron chi connectivity index (χ0n) is 26.0. The Hall–Kier alpha value is -4.63. The van der Waals surface area contributed by atoms with E-state index in [9.17, 15) is 18.4 Å². The summed E-state index contributed by atoms with van der Waals surface area (Å²) in [5, 5.41) is 26.1. The van der Waals surface area contributed by atoms with Crippen LogP contribution < -0.4 is 10.6 Å². The molecule has 0 saturated heterocycles. The van der Waals surface area contributed by atoms with Crippen LogP contribution in [0.2, 0.25) is 5.02 Å². The van der Waals surface area contributed by atoms with Crippen LogP contribution in [0.15, 0.2) is 55.2 Å². The number of anilines is 2. The topological polar surface area (TPSA) is 109 Å². The Morgan fingerprint density at radius 2 is 1.91 bits per heavy atom. The number of imidazole rings is 1. The lowest BCUT2D eigenvalue weighted by Crippen LogP contribution is -2.35. The molecule has 9 nitrogen and oxygen atoms in total. The van der Waals surface area contributed by atoms with Crippen molar-refractivity contribution in [1.82, 2.24) is 29.5 Å². The molecule has 6 rings (SSSR count). The van der Waals surface area contributed by atoms with Crippen molar-refractivity contribution in [3.05, 3.63) is 82.7 Å². The summed E-state index contributed by atoms with van der Waals surface area (Å²) < 4.78 is 45.0. The molecule has 238 valence electrons. The molecule has 1 aliphatic carbocycles. The van der Waals surface area contributed by atoms with E-state index in [1.165, 1.54) is 12.4 Å². The molecule has 0 unspecified atom stereocenters. The van der Waals surface area contributed by atoms with Crippen LogP contribution in [0.25, 0.3) is 22.2 Å². The number of hydrogen-bond donors (Lipinski definition) is 2. The Bertz CT molecular complexity index is 1980. The van der Waals surface area contributed by atoms with Crippen molar-refractivity contribution < 1.29 is 13.2 Å². The van der Waals surface area contributed by atoms with Gasteiger partial charge in [0.2, 0.25) is 0 Å². The minimum Gasteiger partial charge on any atom is -0.383 e. The zero-order chi connectivity index (χ0) is 33.0. The van der Waals surface area contributed by atoms with Gasteiger partial charge in [-0.05, 0) is 48.4 Å². The minimum atomic E-state index is -4.46. The van der Waals surface area contributed by atoms with Crippen LogP contribution in [0, 0.1) is 23.7 Å². The van der Waals surface area contributed by atoms with Gasteiger partial charge in [0.15, 0.2) is 5.54 Å². The first kappa shape index (κ1) is 31.4. The quantitative estimate of drug-likeness (QED) is 0.177. The van der Waals surface area contributed by atoms with Gasteiger partial charge in [-0.1, -0.05) is 55.8 Å². The van der Waals surface area contributed by atoms with Crippen molar-refractivity contribution in [2.75, 3.05) is 17.2 Å². The predicted molar refractivity (Wildman–Crippen MR) is 172 cm³/mol. The van der Waals surface area contributed by atoms with E-state index < -0.39 is 17.8 Å². The molecule has 2 N–H and O–H groups in total. The van der Waals surface area contributed by atoms with Crippen LogP contribution >= 0.6 is 11.6 Å². The molecule has 13 heteroatoms. The van der Waals surface area contributed by atoms with Crippen molar-refractivity contribution in [1.29, 1.82) is 5.26 Å². The van der Waals surface area contributed by atoms with Gasteiger partial charge in [-0.3, -0.25) is 4.98 Å². The average molecular weight is 648 g/mol. The van der Waals surface area contributed by atoms with Gasteiger partial charge >= 0.3 is 6.18 Å². The van der Waals surface area contributed by atoms with E-state index >= 15 is 0 Å². The highest BCUT2D eigenvalue weighted by atomic mass is 35.5. The summed E-state index contributed by atoms with van der Waals surface area (Å²) in [4.78, 5) is 8.89. The number of fused-ring (bicyclic) bond motifs is 1. The molecule has 3 aromatic heterocycles. The number of nitriles is 1. The van der Waals surface area contributed by atoms with Crippen molar-refractivity contribution in [3.63, 3.8) is 0 Å². The average Bonchev–Trinajstić information content (AvgIpc) is 3.49. The maximum absolute atomic E-state index is 14.1. The second-order valence-corrected chi connectivity index (χ2v) is 13.5. The van der Waals surface area contributed by atoms with Crippen molar-refractivity contribution >= 4 is 33.9 Å². The molecule has 0 spiro atoms. The lowest BCUT2D eigenvalue weighted by Gasteiger charge is -2.24. The fourth-order valence-corrected chi connectivity index (χ4v) is 5.93. The Kier molecular flexibility index (Phi) is 7.71. The van der Waals surface area contributed by atoms with Gasteiger partial charge < -0.3 is 15.2 Å². The molecule has 0 amide bonds. The number of aryl methyl sites for hydroxylation is 1. The molecule has 1 aliphatic rings. The zero-order valence-corrected chi connectivity index (χ0v) is 26.8. The Balaban J connectivity index is 1.51. The Labute approximate surface area is 269 Å². The number of pyridine rings is 1. The van der Waals surface area contributed by atoms with Crippen molar-refractivity contribution in [3.8, 4) is 17.3 Å². The monoisotopic (exact) mass is 647 g/mol. The Morgan fingerprint density at radius 1 is 1.15 bits per heavy atom. The Morgan fingerprint density at radius 3 is 2.54 bits per heavy atom. The van der Waals surface area contributed by atoms with Crippen LogP contribution in [0.1, 0.15) is 62.0 Å². The third-order valence-electron chi connectivity index (χ3n) is 8.43. The minimum absolute atomic E-state index is 0.0547. The highest BCUT2D eigenvalue weighted by Gasteiger charge is 2.66. The number of alkyl halides is 3. The summed E-state index contributed by atoms with van der Waals surface area (Å²) in [6, 6.07) is 10.7. The summed E-state index contributed by atoms with van der Waals surface area (Å²) in [5.41, 5.74) is 3.63. The third kappa shape index (κ3) is 5.64. The molecular formula is C33H33ClF3N9. The van der Waals surface area contributed by atoms with E-state index in [0.29, 0.717) is 45.1 Å². The van der Waals surface area contributed by atoms with Gasteiger partial charge in [0.25, 0.3) is 0 Å². The first-order chi connectivity index (χ1) is 21.7. The summed E-state index contributed by atoms with van der Waals surface area (Å²) in [5.74, 6) is 0. The molecule has 1 saturated carbocycles. The molecule has 5 aromatic rings. The maximum atomic E-state index is 14.1. The van der Waals surface area contributed by atoms with E-state index in [4.69, 9.17) is 11.6 Å². The number of benzene rings is 2. The largest absolute Gasteiger partial charge is 0.413 e. The van der Waals surface area contributed by atoms with Crippen LogP contribution in [-0.4, -0.2) is 42.2 Å². The first-order valence-electron chi connectivity index (χ1n) is 14.8. The van der Waals surface area contributed by atoms with E-state index in [0.717, 1.165) is 27.1 Å². The molecular weight excluding hydrogens is 615 g/mol. The number of aromatic nitrogens is 6. The number of hydrogen-bond acceptors (Lipinski definition) is 7. The summed E-state index contributed by atoms with van der Waals surface area (Å²) >= 11 is 6.68. The molecule has 0 bridgehead atoms. The second kappa shape index (κ2) is 11.3. The molecule has 2 aromatic carbocycles. The number of halogens is 4. The van der Waals surface area contributed by atoms with Gasteiger partial charge in [0, 0.05) is 35.8 Å². The fourth-order valence-electron chi connectivity index (χ4n) is 5.71. The molecule has 1 atom stereocenters. The van der Waals surface area contributed by atoms with Gasteiger partial charge in [-0.15, -0.1) is 5.10 Å². The van der Waals surface area contributed by atoms with Gasteiger partial charge in [0.1, 0.15) is 11.8 Å². The first-order valence-corrected chi connectivity index (χ1v) is 15.2. The molecule has 3 heterocycles. The lowest BCUT2D eigenvalue weighted by molar-refractivity contribution is -0.182. The smallest absolute Gasteiger partial charge is 0.383 e. The standard InChI is InChI=1S/C33H33ClF3N9/c1-19-22(27-15-39-18-45(27)5)7-6-8-23(19)30(26-16-46(44-43-26)32(9-10-32)33(35,36)37)42-25-12-21(34)11-24-28(41-17-31(2,3)4)20(13-38)14-40-29(24)25/h6-8,11-12,14-16,18,30,42H,9-10,17H2,1-5H3,(H,40,41)/t30-/m0/s1. The van der Waals surface area contributed by atoms with Crippen LogP contribution in [-0.2, 0) is 12.6 Å². The molecule has 0 radical (unpaired) electrons. The van der Waals surface area contributed by atoms with E-state index in [1.54, 1.807) is 24.7 Å². The van der Waals surface area contributed by atoms with E-state index in [1.807, 2.05) is 36.7 Å². The summed E-state index contributed by atoms with van der Waals surface area (Å²) in [6.45, 7) is 8.79. The number of nitrogens with one attached hydrogen (secondary N) is 2. The van der Waals surface area contributed by atoms with E-state index in [-0.39, 0.29) is 18.3 Å². The van der Waals surface area contributed by atoms with E-state index in [2.05, 4.69) is 57.8 Å². The van der Waals surface area contributed by atoms with Crippen molar-refractivity contribution in [2.24, 2.45) is 12.5 Å². The maximum Gasteiger partial charge on any atom is 0.413 e. The second-order valence-electron chi connectivity index (χ2n) is 13.0. The normalized spacial score (nSPS) is 15.0. The molecule has 46 heavy (non-hydrogen) atoms.